The summed E-state index contributed by atoms with van der Waals surface area (Å²) in [6, 6.07) is 4.39. The van der Waals surface area contributed by atoms with Crippen molar-refractivity contribution in [3.8, 4) is 5.75 Å². The zero-order chi connectivity index (χ0) is 12.1. The highest BCUT2D eigenvalue weighted by atomic mass is 16.5. The average Bonchev–Trinajstić information content (AvgIpc) is 2.25. The lowest BCUT2D eigenvalue weighted by molar-refractivity contribution is -0.131. The van der Waals surface area contributed by atoms with Crippen molar-refractivity contribution in [2.75, 3.05) is 7.11 Å². The molecule has 0 aromatic heterocycles. The lowest BCUT2D eigenvalue weighted by atomic mass is 10.1. The van der Waals surface area contributed by atoms with Crippen molar-refractivity contribution >= 4 is 18.0 Å². The first-order valence-corrected chi connectivity index (χ1v) is 4.37. The zero-order valence-electron chi connectivity index (χ0n) is 8.51. The van der Waals surface area contributed by atoms with Gasteiger partial charge < -0.3 is 14.9 Å². The van der Waals surface area contributed by atoms with Gasteiger partial charge in [-0.15, -0.1) is 0 Å². The van der Waals surface area contributed by atoms with Crippen LogP contribution in [0.2, 0.25) is 0 Å². The van der Waals surface area contributed by atoms with Gasteiger partial charge in [0.05, 0.1) is 12.7 Å². The molecule has 0 saturated heterocycles. The zero-order valence-corrected chi connectivity index (χ0v) is 8.51. The maximum Gasteiger partial charge on any atom is 0.336 e. The predicted octanol–water partition coefficient (Wildman–Crippen LogP) is 1.49. The van der Waals surface area contributed by atoms with Crippen LogP contribution in [-0.2, 0) is 4.79 Å². The van der Waals surface area contributed by atoms with Crippen LogP contribution in [0.5, 0.6) is 5.75 Å². The molecule has 0 radical (unpaired) electrons. The minimum Gasteiger partial charge on any atom is -0.497 e. The van der Waals surface area contributed by atoms with Crippen LogP contribution in [0.4, 0.5) is 0 Å². The highest BCUT2D eigenvalue weighted by Gasteiger charge is 2.09. The quantitative estimate of drug-likeness (QED) is 0.754. The summed E-state index contributed by atoms with van der Waals surface area (Å²) in [6.45, 7) is 0. The van der Waals surface area contributed by atoms with Crippen molar-refractivity contribution in [2.24, 2.45) is 0 Å². The van der Waals surface area contributed by atoms with E-state index in [9.17, 15) is 9.59 Å². The molecule has 5 heteroatoms. The Kier molecular flexibility index (Phi) is 3.66. The molecule has 1 aromatic carbocycles. The fourth-order valence-electron chi connectivity index (χ4n) is 1.15. The molecule has 0 spiro atoms. The summed E-state index contributed by atoms with van der Waals surface area (Å²) in [5, 5.41) is 17.4. The fraction of sp³-hybridized carbons (Fsp3) is 0.0909. The molecule has 1 rings (SSSR count). The van der Waals surface area contributed by atoms with Gasteiger partial charge in [0.2, 0.25) is 0 Å². The molecule has 0 aliphatic rings. The predicted molar refractivity (Wildman–Crippen MR) is 56.6 cm³/mol. The number of methoxy groups -OCH3 is 1. The summed E-state index contributed by atoms with van der Waals surface area (Å²) < 4.78 is 4.88. The molecule has 1 aromatic rings. The van der Waals surface area contributed by atoms with Gasteiger partial charge in [-0.2, -0.15) is 0 Å². The number of aromatic carboxylic acids is 1. The third-order valence-electron chi connectivity index (χ3n) is 1.90. The Balaban J connectivity index is 3.18. The molecule has 0 aliphatic carbocycles. The summed E-state index contributed by atoms with van der Waals surface area (Å²) in [4.78, 5) is 21.2. The first kappa shape index (κ1) is 11.8. The van der Waals surface area contributed by atoms with E-state index in [1.165, 1.54) is 25.3 Å². The molecular weight excluding hydrogens is 212 g/mol. The van der Waals surface area contributed by atoms with Crippen LogP contribution in [-0.4, -0.2) is 29.3 Å². The molecule has 2 N–H and O–H groups in total. The summed E-state index contributed by atoms with van der Waals surface area (Å²) >= 11 is 0. The summed E-state index contributed by atoms with van der Waals surface area (Å²) in [7, 11) is 1.42. The van der Waals surface area contributed by atoms with E-state index in [4.69, 9.17) is 14.9 Å². The molecule has 0 bridgehead atoms. The summed E-state index contributed by atoms with van der Waals surface area (Å²) in [6.07, 6.45) is 2.11. The van der Waals surface area contributed by atoms with Gasteiger partial charge in [-0.25, -0.2) is 9.59 Å². The summed E-state index contributed by atoms with van der Waals surface area (Å²) in [5.74, 6) is -1.86. The standard InChI is InChI=1S/C11H10O5/c1-16-8-4-2-7(3-5-10(12)13)9(6-8)11(14)15/h2-6H,1H3,(H,12,13)(H,14,15). The van der Waals surface area contributed by atoms with E-state index in [1.807, 2.05) is 0 Å². The van der Waals surface area contributed by atoms with Crippen LogP contribution in [0.15, 0.2) is 24.3 Å². The van der Waals surface area contributed by atoms with Crippen molar-refractivity contribution in [1.82, 2.24) is 0 Å². The Morgan fingerprint density at radius 2 is 2.00 bits per heavy atom. The molecule has 5 nitrogen and oxygen atoms in total. The van der Waals surface area contributed by atoms with Gasteiger partial charge in [-0.05, 0) is 23.8 Å². The number of aliphatic carboxylic acids is 1. The van der Waals surface area contributed by atoms with Crippen molar-refractivity contribution in [3.63, 3.8) is 0 Å². The smallest absolute Gasteiger partial charge is 0.336 e. The second-order valence-electron chi connectivity index (χ2n) is 2.93. The van der Waals surface area contributed by atoms with Crippen LogP contribution < -0.4 is 4.74 Å². The van der Waals surface area contributed by atoms with E-state index in [0.29, 0.717) is 11.3 Å². The molecule has 0 heterocycles. The molecule has 0 unspecified atom stereocenters. The first-order chi connectivity index (χ1) is 7.54. The maximum absolute atomic E-state index is 10.9. The van der Waals surface area contributed by atoms with Gasteiger partial charge in [0, 0.05) is 6.08 Å². The molecule has 84 valence electrons. The highest BCUT2D eigenvalue weighted by molar-refractivity contribution is 5.94. The van der Waals surface area contributed by atoms with Gasteiger partial charge in [0.1, 0.15) is 5.75 Å². The van der Waals surface area contributed by atoms with E-state index < -0.39 is 11.9 Å². The monoisotopic (exact) mass is 222 g/mol. The largest absolute Gasteiger partial charge is 0.497 e. The van der Waals surface area contributed by atoms with E-state index in [2.05, 4.69) is 0 Å². The minimum atomic E-state index is -1.14. The second-order valence-corrected chi connectivity index (χ2v) is 2.93. The Labute approximate surface area is 91.6 Å². The van der Waals surface area contributed by atoms with Crippen LogP contribution in [0.1, 0.15) is 15.9 Å². The van der Waals surface area contributed by atoms with E-state index in [-0.39, 0.29) is 5.56 Å². The average molecular weight is 222 g/mol. The minimum absolute atomic E-state index is 0.00292. The third kappa shape index (κ3) is 2.84. The van der Waals surface area contributed by atoms with Crippen LogP contribution in [0.25, 0.3) is 6.08 Å². The molecule has 16 heavy (non-hydrogen) atoms. The molecule has 0 aliphatic heterocycles. The number of carboxylic acids is 2. The van der Waals surface area contributed by atoms with Gasteiger partial charge in [-0.3, -0.25) is 0 Å². The Morgan fingerprint density at radius 3 is 2.50 bits per heavy atom. The number of rotatable bonds is 4. The SMILES string of the molecule is COc1ccc(C=CC(=O)O)c(C(=O)O)c1. The highest BCUT2D eigenvalue weighted by Crippen LogP contribution is 2.18. The van der Waals surface area contributed by atoms with Crippen LogP contribution in [0, 0.1) is 0 Å². The van der Waals surface area contributed by atoms with Gasteiger partial charge in [-0.1, -0.05) is 6.07 Å². The molecular formula is C11H10O5. The Morgan fingerprint density at radius 1 is 1.31 bits per heavy atom. The normalized spacial score (nSPS) is 10.3. The van der Waals surface area contributed by atoms with Crippen molar-refractivity contribution in [2.45, 2.75) is 0 Å². The van der Waals surface area contributed by atoms with E-state index >= 15 is 0 Å². The van der Waals surface area contributed by atoms with E-state index in [1.54, 1.807) is 6.07 Å². The summed E-state index contributed by atoms with van der Waals surface area (Å²) in [5.41, 5.74) is 0.313. The number of hydrogen-bond donors (Lipinski definition) is 2. The number of hydrogen-bond acceptors (Lipinski definition) is 3. The number of benzene rings is 1. The van der Waals surface area contributed by atoms with Gasteiger partial charge >= 0.3 is 11.9 Å². The van der Waals surface area contributed by atoms with Crippen molar-refractivity contribution in [3.05, 3.63) is 35.4 Å². The third-order valence-corrected chi connectivity index (χ3v) is 1.90. The lowest BCUT2D eigenvalue weighted by Crippen LogP contribution is -2.00. The molecule has 0 amide bonds. The molecule has 0 saturated carbocycles. The first-order valence-electron chi connectivity index (χ1n) is 4.37. The lowest BCUT2D eigenvalue weighted by Gasteiger charge is -2.04. The van der Waals surface area contributed by atoms with Crippen molar-refractivity contribution in [1.29, 1.82) is 0 Å². The van der Waals surface area contributed by atoms with Crippen LogP contribution >= 0.6 is 0 Å². The Hall–Kier alpha value is -2.30. The van der Waals surface area contributed by atoms with Gasteiger partial charge in [0.15, 0.2) is 0 Å². The Bertz CT molecular complexity index is 448. The second kappa shape index (κ2) is 4.97. The topological polar surface area (TPSA) is 83.8 Å². The van der Waals surface area contributed by atoms with E-state index in [0.717, 1.165) is 6.08 Å². The molecule has 0 atom stereocenters. The maximum atomic E-state index is 10.9. The number of carboxylic acid groups (broad SMARTS) is 2. The number of carbonyl (C=O) groups is 2. The molecule has 0 fully saturated rings. The number of ether oxygens (including phenoxy) is 1. The van der Waals surface area contributed by atoms with Gasteiger partial charge in [0.25, 0.3) is 0 Å². The fourth-order valence-corrected chi connectivity index (χ4v) is 1.15. The van der Waals surface area contributed by atoms with Crippen LogP contribution in [0.3, 0.4) is 0 Å². The van der Waals surface area contributed by atoms with Crippen molar-refractivity contribution < 1.29 is 24.5 Å².